The number of aromatic nitrogens is 2. The van der Waals surface area contributed by atoms with Crippen LogP contribution in [0, 0.1) is 12.7 Å². The van der Waals surface area contributed by atoms with Crippen molar-refractivity contribution in [3.05, 3.63) is 92.5 Å². The number of benzene rings is 2. The Bertz CT molecular complexity index is 1120. The van der Waals surface area contributed by atoms with Crippen LogP contribution in [0.3, 0.4) is 0 Å². The summed E-state index contributed by atoms with van der Waals surface area (Å²) in [6.07, 6.45) is 0.706. The Balaban J connectivity index is 1.73. The average molecular weight is 382 g/mol. The smallest absolute Gasteiger partial charge is 0.331 e. The van der Waals surface area contributed by atoms with Gasteiger partial charge in [0, 0.05) is 0 Å². The fourth-order valence-corrected chi connectivity index (χ4v) is 2.87. The highest BCUT2D eigenvalue weighted by Gasteiger charge is 2.18. The number of rotatable bonds is 5. The number of carbonyl (C=O) groups is 1. The van der Waals surface area contributed by atoms with E-state index in [1.165, 1.54) is 0 Å². The molecule has 0 spiro atoms. The van der Waals surface area contributed by atoms with E-state index in [-0.39, 0.29) is 0 Å². The molecule has 2 aromatic carbocycles. The Kier molecular flexibility index (Phi) is 5.54. The summed E-state index contributed by atoms with van der Waals surface area (Å²) in [5.74, 6) is -2.27. The van der Waals surface area contributed by atoms with Crippen molar-refractivity contribution in [3.8, 4) is 11.1 Å². The highest BCUT2D eigenvalue weighted by atomic mass is 19.1. The summed E-state index contributed by atoms with van der Waals surface area (Å²) in [6, 6.07) is 15.6. The highest BCUT2D eigenvalue weighted by Crippen LogP contribution is 2.27. The van der Waals surface area contributed by atoms with Gasteiger partial charge in [-0.15, -0.1) is 0 Å². The molecule has 0 bridgehead atoms. The van der Waals surface area contributed by atoms with E-state index >= 15 is 0 Å². The van der Waals surface area contributed by atoms with Crippen molar-refractivity contribution in [1.29, 1.82) is 0 Å². The summed E-state index contributed by atoms with van der Waals surface area (Å²) in [7, 11) is 0. The highest BCUT2D eigenvalue weighted by molar-refractivity contribution is 5.78. The third-order valence-corrected chi connectivity index (χ3v) is 4.50. The third kappa shape index (κ3) is 4.09. The number of hydrogen-bond acceptors (Lipinski definition) is 4. The first kappa shape index (κ1) is 19.3. The molecule has 144 valence electrons. The lowest BCUT2D eigenvalue weighted by molar-refractivity contribution is -0.149. The summed E-state index contributed by atoms with van der Waals surface area (Å²) in [4.78, 5) is 36.8. The van der Waals surface area contributed by atoms with Gasteiger partial charge in [0.1, 0.15) is 0 Å². The molecule has 0 aliphatic carbocycles. The van der Waals surface area contributed by atoms with Gasteiger partial charge in [-0.2, -0.15) is 4.39 Å². The topological polar surface area (TPSA) is 81.2 Å². The minimum Gasteiger partial charge on any atom is -0.443 e. The van der Waals surface area contributed by atoms with Crippen LogP contribution in [-0.4, -0.2) is 15.5 Å². The quantitative estimate of drug-likeness (QED) is 0.688. The third-order valence-electron chi connectivity index (χ3n) is 4.50. The van der Waals surface area contributed by atoms with Gasteiger partial charge in [-0.05, 0) is 36.1 Å². The predicted molar refractivity (Wildman–Crippen MR) is 102 cm³/mol. The summed E-state index contributed by atoms with van der Waals surface area (Å²) in [5.41, 5.74) is 1.97. The van der Waals surface area contributed by atoms with Gasteiger partial charge in [-0.1, -0.05) is 48.5 Å². The molecule has 1 unspecified atom stereocenters. The number of aromatic amines is 1. The van der Waals surface area contributed by atoms with E-state index in [0.717, 1.165) is 26.8 Å². The molecule has 1 heterocycles. The Morgan fingerprint density at radius 3 is 2.57 bits per heavy atom. The van der Waals surface area contributed by atoms with Gasteiger partial charge in [0.25, 0.3) is 5.56 Å². The molecule has 3 aromatic rings. The van der Waals surface area contributed by atoms with Crippen molar-refractivity contribution in [1.82, 2.24) is 9.55 Å². The maximum atomic E-state index is 13.3. The van der Waals surface area contributed by atoms with Gasteiger partial charge in [-0.25, -0.2) is 4.79 Å². The van der Waals surface area contributed by atoms with Crippen LogP contribution in [-0.2, 0) is 16.3 Å². The number of nitrogens with one attached hydrogen (secondary N) is 1. The standard InChI is InChI=1S/C21H19FN2O4/c1-13-10-16(8-9-17(13)15-6-4-3-5-7-15)14(2)20(26)28-12-24-11-18(22)19(25)23-21(24)27/h3-11,14H,12H2,1-2H3,(H,23,25,27). The van der Waals surface area contributed by atoms with Crippen LogP contribution < -0.4 is 11.2 Å². The van der Waals surface area contributed by atoms with Crippen LogP contribution in [0.5, 0.6) is 0 Å². The largest absolute Gasteiger partial charge is 0.443 e. The molecule has 0 amide bonds. The van der Waals surface area contributed by atoms with Crippen molar-refractivity contribution >= 4 is 5.97 Å². The zero-order valence-corrected chi connectivity index (χ0v) is 15.4. The molecule has 0 aliphatic rings. The van der Waals surface area contributed by atoms with E-state index in [2.05, 4.69) is 0 Å². The number of ether oxygens (including phenoxy) is 1. The number of nitrogens with zero attached hydrogens (tertiary/aromatic N) is 1. The van der Waals surface area contributed by atoms with Crippen molar-refractivity contribution in [2.24, 2.45) is 0 Å². The lowest BCUT2D eigenvalue weighted by Crippen LogP contribution is -2.32. The van der Waals surface area contributed by atoms with Gasteiger partial charge in [0.05, 0.1) is 12.1 Å². The number of H-pyrrole nitrogens is 1. The van der Waals surface area contributed by atoms with Gasteiger partial charge in [0.15, 0.2) is 6.73 Å². The van der Waals surface area contributed by atoms with E-state index in [9.17, 15) is 18.8 Å². The van der Waals surface area contributed by atoms with Crippen molar-refractivity contribution < 1.29 is 13.9 Å². The molecule has 28 heavy (non-hydrogen) atoms. The molecule has 1 N–H and O–H groups in total. The molecule has 0 aliphatic heterocycles. The number of esters is 1. The summed E-state index contributed by atoms with van der Waals surface area (Å²) in [6.45, 7) is 3.17. The van der Waals surface area contributed by atoms with E-state index in [1.54, 1.807) is 11.9 Å². The lowest BCUT2D eigenvalue weighted by atomic mass is 9.94. The first-order chi connectivity index (χ1) is 13.4. The molecular weight excluding hydrogens is 363 g/mol. The molecule has 3 rings (SSSR count). The minimum absolute atomic E-state index is 0.489. The Hall–Kier alpha value is -3.48. The molecule has 6 nitrogen and oxygen atoms in total. The number of carbonyl (C=O) groups excluding carboxylic acids is 1. The summed E-state index contributed by atoms with van der Waals surface area (Å²) < 4.78 is 19.2. The molecular formula is C21H19FN2O4. The van der Waals surface area contributed by atoms with Crippen molar-refractivity contribution in [2.75, 3.05) is 0 Å². The van der Waals surface area contributed by atoms with E-state index in [0.29, 0.717) is 6.20 Å². The lowest BCUT2D eigenvalue weighted by Gasteiger charge is -2.15. The first-order valence-corrected chi connectivity index (χ1v) is 8.68. The number of aryl methyl sites for hydroxylation is 1. The normalized spacial score (nSPS) is 11.8. The number of hydrogen-bond donors (Lipinski definition) is 1. The summed E-state index contributed by atoms with van der Waals surface area (Å²) in [5, 5.41) is 0. The van der Waals surface area contributed by atoms with Crippen molar-refractivity contribution in [2.45, 2.75) is 26.5 Å². The van der Waals surface area contributed by atoms with Gasteiger partial charge >= 0.3 is 11.7 Å². The second kappa shape index (κ2) is 8.04. The van der Waals surface area contributed by atoms with Crippen LogP contribution in [0.1, 0.15) is 24.0 Å². The van der Waals surface area contributed by atoms with Gasteiger partial charge in [-0.3, -0.25) is 19.1 Å². The van der Waals surface area contributed by atoms with Crippen LogP contribution >= 0.6 is 0 Å². The Labute approximate surface area is 160 Å². The van der Waals surface area contributed by atoms with Crippen molar-refractivity contribution in [3.63, 3.8) is 0 Å². The second-order valence-electron chi connectivity index (χ2n) is 6.46. The Morgan fingerprint density at radius 1 is 1.18 bits per heavy atom. The predicted octanol–water partition coefficient (Wildman–Crippen LogP) is 2.96. The fourth-order valence-electron chi connectivity index (χ4n) is 2.87. The number of halogens is 1. The van der Waals surface area contributed by atoms with Gasteiger partial charge in [0.2, 0.25) is 5.82 Å². The first-order valence-electron chi connectivity index (χ1n) is 8.68. The molecule has 0 fully saturated rings. The SMILES string of the molecule is Cc1cc(C(C)C(=O)OCn2cc(F)c(=O)[nH]c2=O)ccc1-c1ccccc1. The monoisotopic (exact) mass is 382 g/mol. The maximum absolute atomic E-state index is 13.3. The van der Waals surface area contributed by atoms with E-state index in [4.69, 9.17) is 4.74 Å². The van der Waals surface area contributed by atoms with Crippen LogP contribution in [0.25, 0.3) is 11.1 Å². The molecule has 0 saturated heterocycles. The van der Waals surface area contributed by atoms with Gasteiger partial charge < -0.3 is 4.74 Å². The van der Waals surface area contributed by atoms with E-state index < -0.39 is 35.7 Å². The zero-order valence-electron chi connectivity index (χ0n) is 15.4. The minimum atomic E-state index is -1.13. The van der Waals surface area contributed by atoms with Crippen LogP contribution in [0.15, 0.2) is 64.3 Å². The molecule has 7 heteroatoms. The second-order valence-corrected chi connectivity index (χ2v) is 6.46. The average Bonchev–Trinajstić information content (AvgIpc) is 2.69. The maximum Gasteiger partial charge on any atom is 0.331 e. The van der Waals surface area contributed by atoms with E-state index in [1.807, 2.05) is 55.5 Å². The molecule has 1 atom stereocenters. The molecule has 1 aromatic heterocycles. The Morgan fingerprint density at radius 2 is 1.89 bits per heavy atom. The summed E-state index contributed by atoms with van der Waals surface area (Å²) >= 11 is 0. The zero-order chi connectivity index (χ0) is 20.3. The van der Waals surface area contributed by atoms with Crippen LogP contribution in [0.4, 0.5) is 4.39 Å². The van der Waals surface area contributed by atoms with Crippen LogP contribution in [0.2, 0.25) is 0 Å². The molecule has 0 radical (unpaired) electrons. The molecule has 0 saturated carbocycles. The fraction of sp³-hybridized carbons (Fsp3) is 0.190.